The highest BCUT2D eigenvalue weighted by molar-refractivity contribution is 5.94. The van der Waals surface area contributed by atoms with Crippen molar-refractivity contribution in [1.29, 1.82) is 0 Å². The van der Waals surface area contributed by atoms with Crippen LogP contribution in [0.4, 0.5) is 0 Å². The number of nitrogens with one attached hydrogen (secondary N) is 2. The van der Waals surface area contributed by atoms with Crippen molar-refractivity contribution in [1.82, 2.24) is 10.6 Å². The van der Waals surface area contributed by atoms with Gasteiger partial charge in [-0.25, -0.2) is 4.79 Å². The maximum atomic E-state index is 12.2. The normalized spacial score (nSPS) is 15.2. The molecule has 0 heterocycles. The first-order valence-corrected chi connectivity index (χ1v) is 8.08. The fourth-order valence-corrected chi connectivity index (χ4v) is 1.98. The van der Waals surface area contributed by atoms with Crippen molar-refractivity contribution < 1.29 is 34.2 Å². The van der Waals surface area contributed by atoms with E-state index in [-0.39, 0.29) is 18.8 Å². The summed E-state index contributed by atoms with van der Waals surface area (Å²) in [4.78, 5) is 57.2. The van der Waals surface area contributed by atoms with Crippen LogP contribution >= 0.6 is 0 Å². The fraction of sp³-hybridized carbons (Fsp3) is 0.667. The smallest absolute Gasteiger partial charge is 0.326 e. The Morgan fingerprint density at radius 1 is 1.00 bits per heavy atom. The lowest BCUT2D eigenvalue weighted by molar-refractivity contribution is -0.143. The first-order valence-electron chi connectivity index (χ1n) is 8.08. The first kappa shape index (κ1) is 23.3. The molecule has 0 radical (unpaired) electrons. The largest absolute Gasteiger partial charge is 0.481 e. The SMILES string of the molecule is CCC(C)C(N)C(=O)NC(CC(=O)O)C(=O)NC(CCC(N)=O)C(=O)O. The second-order valence-corrected chi connectivity index (χ2v) is 5.97. The lowest BCUT2D eigenvalue weighted by Gasteiger charge is -2.23. The summed E-state index contributed by atoms with van der Waals surface area (Å²) in [6.45, 7) is 3.54. The minimum atomic E-state index is -1.51. The van der Waals surface area contributed by atoms with Crippen LogP contribution in [0.3, 0.4) is 0 Å². The molecule has 0 saturated carbocycles. The van der Waals surface area contributed by atoms with Crippen LogP contribution in [0.5, 0.6) is 0 Å². The Balaban J connectivity index is 5.11. The van der Waals surface area contributed by atoms with Gasteiger partial charge in [-0.1, -0.05) is 20.3 Å². The quantitative estimate of drug-likeness (QED) is 0.228. The fourth-order valence-electron chi connectivity index (χ4n) is 1.98. The number of nitrogens with two attached hydrogens (primary N) is 2. The van der Waals surface area contributed by atoms with Gasteiger partial charge in [-0.2, -0.15) is 0 Å². The van der Waals surface area contributed by atoms with Gasteiger partial charge in [0.2, 0.25) is 17.7 Å². The molecule has 0 aromatic rings. The number of primary amides is 1. The molecule has 148 valence electrons. The molecule has 0 aromatic carbocycles. The van der Waals surface area contributed by atoms with Gasteiger partial charge in [-0.15, -0.1) is 0 Å². The molecule has 0 saturated heterocycles. The summed E-state index contributed by atoms with van der Waals surface area (Å²) >= 11 is 0. The molecule has 4 atom stereocenters. The van der Waals surface area contributed by atoms with Gasteiger partial charge in [0.15, 0.2) is 0 Å². The molecule has 11 heteroatoms. The predicted molar refractivity (Wildman–Crippen MR) is 89.6 cm³/mol. The molecular formula is C15H26N4O7. The second-order valence-electron chi connectivity index (χ2n) is 5.97. The number of carbonyl (C=O) groups is 5. The number of hydrogen-bond acceptors (Lipinski definition) is 6. The highest BCUT2D eigenvalue weighted by atomic mass is 16.4. The number of hydrogen-bond donors (Lipinski definition) is 6. The summed E-state index contributed by atoms with van der Waals surface area (Å²) in [5.74, 6) is -5.46. The van der Waals surface area contributed by atoms with Gasteiger partial charge in [0.05, 0.1) is 12.5 Å². The van der Waals surface area contributed by atoms with E-state index in [4.69, 9.17) is 21.7 Å². The summed E-state index contributed by atoms with van der Waals surface area (Å²) in [6, 6.07) is -3.91. The van der Waals surface area contributed by atoms with Crippen LogP contribution < -0.4 is 22.1 Å². The molecule has 4 unspecified atom stereocenters. The summed E-state index contributed by atoms with van der Waals surface area (Å²) in [5, 5.41) is 22.3. The number of carbonyl (C=O) groups excluding carboxylic acids is 3. The second kappa shape index (κ2) is 11.0. The third-order valence-corrected chi connectivity index (χ3v) is 3.87. The molecule has 0 aromatic heterocycles. The van der Waals surface area contributed by atoms with Crippen LogP contribution in [0.15, 0.2) is 0 Å². The molecule has 0 rings (SSSR count). The van der Waals surface area contributed by atoms with E-state index in [0.717, 1.165) is 0 Å². The Labute approximate surface area is 150 Å². The molecular weight excluding hydrogens is 348 g/mol. The molecule has 0 aliphatic heterocycles. The lowest BCUT2D eigenvalue weighted by atomic mass is 9.99. The van der Waals surface area contributed by atoms with Crippen molar-refractivity contribution in [3.05, 3.63) is 0 Å². The number of amides is 3. The van der Waals surface area contributed by atoms with E-state index in [9.17, 15) is 24.0 Å². The Morgan fingerprint density at radius 2 is 1.54 bits per heavy atom. The van der Waals surface area contributed by atoms with Crippen LogP contribution in [0.1, 0.15) is 39.5 Å². The van der Waals surface area contributed by atoms with Crippen LogP contribution in [0.25, 0.3) is 0 Å². The molecule has 0 spiro atoms. The molecule has 3 amide bonds. The van der Waals surface area contributed by atoms with E-state index in [1.165, 1.54) is 0 Å². The van der Waals surface area contributed by atoms with Crippen LogP contribution in [0, 0.1) is 5.92 Å². The van der Waals surface area contributed by atoms with E-state index in [1.54, 1.807) is 6.92 Å². The molecule has 26 heavy (non-hydrogen) atoms. The summed E-state index contributed by atoms with van der Waals surface area (Å²) < 4.78 is 0. The van der Waals surface area contributed by atoms with E-state index in [2.05, 4.69) is 10.6 Å². The van der Waals surface area contributed by atoms with Crippen molar-refractivity contribution in [3.63, 3.8) is 0 Å². The monoisotopic (exact) mass is 374 g/mol. The molecule has 0 aliphatic carbocycles. The van der Waals surface area contributed by atoms with Gasteiger partial charge in [-0.05, 0) is 12.3 Å². The molecule has 0 bridgehead atoms. The zero-order chi connectivity index (χ0) is 20.4. The molecule has 8 N–H and O–H groups in total. The van der Waals surface area contributed by atoms with Crippen molar-refractivity contribution in [2.24, 2.45) is 17.4 Å². The van der Waals surface area contributed by atoms with Crippen LogP contribution in [-0.2, 0) is 24.0 Å². The first-order chi connectivity index (χ1) is 12.0. The van der Waals surface area contributed by atoms with Crippen molar-refractivity contribution in [2.45, 2.75) is 57.7 Å². The number of carboxylic acids is 2. The van der Waals surface area contributed by atoms with E-state index >= 15 is 0 Å². The molecule has 0 fully saturated rings. The minimum absolute atomic E-state index is 0.203. The Kier molecular flexibility index (Phi) is 9.89. The van der Waals surface area contributed by atoms with Crippen LogP contribution in [0.2, 0.25) is 0 Å². The summed E-state index contributed by atoms with van der Waals surface area (Å²) in [7, 11) is 0. The van der Waals surface area contributed by atoms with Crippen LogP contribution in [-0.4, -0.2) is 58.0 Å². The van der Waals surface area contributed by atoms with E-state index in [0.29, 0.717) is 6.42 Å². The standard InChI is InChI=1S/C15H26N4O7/c1-3-7(2)12(17)14(24)19-9(6-11(21)22)13(23)18-8(15(25)26)4-5-10(16)20/h7-9,12H,3-6,17H2,1-2H3,(H2,16,20)(H,18,23)(H,19,24)(H,21,22)(H,25,26). The van der Waals surface area contributed by atoms with Gasteiger partial charge in [0.1, 0.15) is 12.1 Å². The zero-order valence-corrected chi connectivity index (χ0v) is 14.7. The maximum absolute atomic E-state index is 12.2. The van der Waals surface area contributed by atoms with E-state index in [1.807, 2.05) is 6.92 Å². The zero-order valence-electron chi connectivity index (χ0n) is 14.7. The van der Waals surface area contributed by atoms with Crippen molar-refractivity contribution in [3.8, 4) is 0 Å². The van der Waals surface area contributed by atoms with Gasteiger partial charge in [-0.3, -0.25) is 19.2 Å². The Hall–Kier alpha value is -2.69. The summed E-state index contributed by atoms with van der Waals surface area (Å²) in [5.41, 5.74) is 10.7. The Bertz CT molecular complexity index is 552. The van der Waals surface area contributed by atoms with Gasteiger partial charge in [0.25, 0.3) is 0 Å². The average molecular weight is 374 g/mol. The van der Waals surface area contributed by atoms with E-state index < -0.39 is 54.2 Å². The Morgan fingerprint density at radius 3 is 1.96 bits per heavy atom. The summed E-state index contributed by atoms with van der Waals surface area (Å²) in [6.07, 6.45) is -0.714. The van der Waals surface area contributed by atoms with Gasteiger partial charge < -0.3 is 32.3 Å². The van der Waals surface area contributed by atoms with Gasteiger partial charge in [0, 0.05) is 6.42 Å². The predicted octanol–water partition coefficient (Wildman–Crippen LogP) is -1.85. The highest BCUT2D eigenvalue weighted by Crippen LogP contribution is 2.07. The highest BCUT2D eigenvalue weighted by Gasteiger charge is 2.30. The third-order valence-electron chi connectivity index (χ3n) is 3.87. The molecule has 11 nitrogen and oxygen atoms in total. The van der Waals surface area contributed by atoms with Gasteiger partial charge >= 0.3 is 11.9 Å². The maximum Gasteiger partial charge on any atom is 0.326 e. The topological polar surface area (TPSA) is 202 Å². The lowest BCUT2D eigenvalue weighted by Crippen LogP contribution is -2.56. The van der Waals surface area contributed by atoms with Crippen molar-refractivity contribution in [2.75, 3.05) is 0 Å². The van der Waals surface area contributed by atoms with Crippen molar-refractivity contribution >= 4 is 29.7 Å². The number of aliphatic carboxylic acids is 2. The average Bonchev–Trinajstić information content (AvgIpc) is 2.55. The third kappa shape index (κ3) is 8.42. The molecule has 0 aliphatic rings. The number of carboxylic acid groups (broad SMARTS) is 2. The number of rotatable bonds is 12. The minimum Gasteiger partial charge on any atom is -0.481 e.